The number of aryl methyl sites for hydroxylation is 2. The second kappa shape index (κ2) is 6.42. The molecule has 0 spiro atoms. The number of hydrogen-bond acceptors (Lipinski definition) is 2. The molecule has 4 nitrogen and oxygen atoms in total. The minimum Gasteiger partial charge on any atom is -0.348 e. The van der Waals surface area contributed by atoms with Crippen LogP contribution in [-0.2, 0) is 6.54 Å². The summed E-state index contributed by atoms with van der Waals surface area (Å²) in [6.45, 7) is 4.45. The summed E-state index contributed by atoms with van der Waals surface area (Å²) in [5.41, 5.74) is 1.22. The summed E-state index contributed by atoms with van der Waals surface area (Å²) in [6.07, 6.45) is 7.10. The van der Waals surface area contributed by atoms with Gasteiger partial charge in [0.2, 0.25) is 0 Å². The van der Waals surface area contributed by atoms with Gasteiger partial charge in [-0.2, -0.15) is 5.10 Å². The van der Waals surface area contributed by atoms with Crippen molar-refractivity contribution in [3.8, 4) is 0 Å². The van der Waals surface area contributed by atoms with Crippen molar-refractivity contribution in [3.63, 3.8) is 0 Å². The van der Waals surface area contributed by atoms with E-state index in [2.05, 4.69) is 10.4 Å². The Kier molecular flexibility index (Phi) is 4.86. The minimum absolute atomic E-state index is 0.0839. The molecule has 2 rings (SSSR count). The Morgan fingerprint density at radius 2 is 2.00 bits per heavy atom. The van der Waals surface area contributed by atoms with Crippen LogP contribution < -0.4 is 5.32 Å². The normalized spacial score (nSPS) is 17.2. The van der Waals surface area contributed by atoms with E-state index in [0.29, 0.717) is 17.3 Å². The van der Waals surface area contributed by atoms with Gasteiger partial charge in [0, 0.05) is 12.6 Å². The lowest BCUT2D eigenvalue weighted by atomic mass is 10.1. The molecular weight excluding hydrogens is 262 g/mol. The smallest absolute Gasteiger partial charge is 0.271 e. The summed E-state index contributed by atoms with van der Waals surface area (Å²) in [4.78, 5) is 12.4. The molecule has 1 fully saturated rings. The van der Waals surface area contributed by atoms with Crippen molar-refractivity contribution in [1.82, 2.24) is 15.1 Å². The fraction of sp³-hybridized carbons (Fsp3) is 0.714. The molecule has 1 aromatic rings. The van der Waals surface area contributed by atoms with Crippen LogP contribution in [0.3, 0.4) is 0 Å². The minimum atomic E-state index is -0.0839. The third-order valence-corrected chi connectivity index (χ3v) is 4.21. The molecule has 0 aliphatic heterocycles. The third kappa shape index (κ3) is 3.30. The second-order valence-corrected chi connectivity index (χ2v) is 5.60. The van der Waals surface area contributed by atoms with Crippen molar-refractivity contribution < 1.29 is 4.79 Å². The summed E-state index contributed by atoms with van der Waals surface area (Å²) in [5.74, 6) is -0.0839. The van der Waals surface area contributed by atoms with Gasteiger partial charge in [0.15, 0.2) is 0 Å². The fourth-order valence-electron chi connectivity index (χ4n) is 2.68. The number of carbonyl (C=O) groups excluding carboxylic acids is 1. The average molecular weight is 284 g/mol. The first-order chi connectivity index (χ1) is 9.13. The Bertz CT molecular complexity index is 448. The van der Waals surface area contributed by atoms with Crippen LogP contribution in [0.5, 0.6) is 0 Å². The number of amides is 1. The first-order valence-electron chi connectivity index (χ1n) is 7.17. The second-order valence-electron chi connectivity index (χ2n) is 5.23. The quantitative estimate of drug-likeness (QED) is 0.865. The number of halogens is 1. The van der Waals surface area contributed by atoms with Crippen LogP contribution in [0.2, 0.25) is 5.02 Å². The van der Waals surface area contributed by atoms with Crippen LogP contribution in [0.4, 0.5) is 0 Å². The highest BCUT2D eigenvalue weighted by Gasteiger charge is 2.22. The molecule has 0 unspecified atom stereocenters. The van der Waals surface area contributed by atoms with Crippen molar-refractivity contribution in [2.45, 2.75) is 65.0 Å². The molecule has 0 bridgehead atoms. The Hall–Kier alpha value is -1.03. The van der Waals surface area contributed by atoms with Crippen LogP contribution in [0.15, 0.2) is 0 Å². The van der Waals surface area contributed by atoms with Gasteiger partial charge in [0.1, 0.15) is 5.69 Å². The molecule has 0 radical (unpaired) electrons. The van der Waals surface area contributed by atoms with Crippen molar-refractivity contribution in [2.75, 3.05) is 0 Å². The highest BCUT2D eigenvalue weighted by molar-refractivity contribution is 6.34. The predicted molar refractivity (Wildman–Crippen MR) is 76.6 cm³/mol. The molecule has 0 saturated heterocycles. The Labute approximate surface area is 119 Å². The molecule has 1 heterocycles. The van der Waals surface area contributed by atoms with E-state index in [1.165, 1.54) is 25.7 Å². The largest absolute Gasteiger partial charge is 0.348 e. The van der Waals surface area contributed by atoms with Crippen molar-refractivity contribution in [3.05, 3.63) is 16.4 Å². The number of nitrogens with zero attached hydrogens (tertiary/aromatic N) is 2. The lowest BCUT2D eigenvalue weighted by Crippen LogP contribution is -2.35. The molecule has 0 aromatic carbocycles. The molecule has 1 aliphatic carbocycles. The molecule has 1 aromatic heterocycles. The standard InChI is InChI=1S/C14H22ClN3O/c1-3-18-13(12(15)10(2)17-18)14(19)16-11-8-6-4-5-7-9-11/h11H,3-9H2,1-2H3,(H,16,19). The van der Waals surface area contributed by atoms with Gasteiger partial charge >= 0.3 is 0 Å². The van der Waals surface area contributed by atoms with Gasteiger partial charge in [0.25, 0.3) is 5.91 Å². The van der Waals surface area contributed by atoms with Gasteiger partial charge in [0.05, 0.1) is 10.7 Å². The van der Waals surface area contributed by atoms with Crippen molar-refractivity contribution in [1.29, 1.82) is 0 Å². The zero-order valence-electron chi connectivity index (χ0n) is 11.7. The molecule has 1 N–H and O–H groups in total. The summed E-state index contributed by atoms with van der Waals surface area (Å²) < 4.78 is 1.68. The zero-order chi connectivity index (χ0) is 13.8. The average Bonchev–Trinajstić information content (AvgIpc) is 2.59. The van der Waals surface area contributed by atoms with Gasteiger partial charge < -0.3 is 5.32 Å². The SMILES string of the molecule is CCn1nc(C)c(Cl)c1C(=O)NC1CCCCCC1. The van der Waals surface area contributed by atoms with Crippen LogP contribution in [0.25, 0.3) is 0 Å². The topological polar surface area (TPSA) is 46.9 Å². The van der Waals surface area contributed by atoms with Crippen LogP contribution in [0, 0.1) is 6.92 Å². The Morgan fingerprint density at radius 3 is 2.58 bits per heavy atom. The summed E-state index contributed by atoms with van der Waals surface area (Å²) >= 11 is 6.19. The molecule has 106 valence electrons. The lowest BCUT2D eigenvalue weighted by molar-refractivity contribution is 0.0922. The van der Waals surface area contributed by atoms with Gasteiger partial charge in [-0.3, -0.25) is 9.48 Å². The number of hydrogen-bond donors (Lipinski definition) is 1. The Balaban J connectivity index is 2.10. The molecule has 5 heteroatoms. The number of nitrogens with one attached hydrogen (secondary N) is 1. The van der Waals surface area contributed by atoms with Gasteiger partial charge in [-0.1, -0.05) is 37.3 Å². The zero-order valence-corrected chi connectivity index (χ0v) is 12.5. The summed E-state index contributed by atoms with van der Waals surface area (Å²) in [5, 5.41) is 7.88. The van der Waals surface area contributed by atoms with Crippen molar-refractivity contribution >= 4 is 17.5 Å². The molecule has 19 heavy (non-hydrogen) atoms. The molecular formula is C14H22ClN3O. The van der Waals surface area contributed by atoms with Gasteiger partial charge in [-0.15, -0.1) is 0 Å². The Morgan fingerprint density at radius 1 is 1.37 bits per heavy atom. The van der Waals surface area contributed by atoms with E-state index in [4.69, 9.17) is 11.6 Å². The maximum absolute atomic E-state index is 12.4. The highest BCUT2D eigenvalue weighted by Crippen LogP contribution is 2.22. The van der Waals surface area contributed by atoms with Crippen LogP contribution in [0.1, 0.15) is 61.6 Å². The summed E-state index contributed by atoms with van der Waals surface area (Å²) in [6, 6.07) is 0.284. The van der Waals surface area contributed by atoms with E-state index < -0.39 is 0 Å². The van der Waals surface area contributed by atoms with Gasteiger partial charge in [-0.05, 0) is 26.7 Å². The van der Waals surface area contributed by atoms with E-state index in [0.717, 1.165) is 18.5 Å². The number of aromatic nitrogens is 2. The number of rotatable bonds is 3. The fourth-order valence-corrected chi connectivity index (χ4v) is 2.90. The predicted octanol–water partition coefficient (Wildman–Crippen LogP) is 3.32. The molecule has 1 saturated carbocycles. The van der Waals surface area contributed by atoms with Crippen molar-refractivity contribution in [2.24, 2.45) is 0 Å². The van der Waals surface area contributed by atoms with Crippen LogP contribution >= 0.6 is 11.6 Å². The number of carbonyl (C=O) groups is 1. The van der Waals surface area contributed by atoms with E-state index >= 15 is 0 Å². The lowest BCUT2D eigenvalue weighted by Gasteiger charge is -2.16. The maximum atomic E-state index is 12.4. The molecule has 1 aliphatic rings. The van der Waals surface area contributed by atoms with E-state index in [1.54, 1.807) is 4.68 Å². The monoisotopic (exact) mass is 283 g/mol. The summed E-state index contributed by atoms with van der Waals surface area (Å²) in [7, 11) is 0. The maximum Gasteiger partial charge on any atom is 0.271 e. The molecule has 1 amide bonds. The van der Waals surface area contributed by atoms with Crippen LogP contribution in [-0.4, -0.2) is 21.7 Å². The van der Waals surface area contributed by atoms with E-state index in [1.807, 2.05) is 13.8 Å². The van der Waals surface area contributed by atoms with E-state index in [9.17, 15) is 4.79 Å². The van der Waals surface area contributed by atoms with Gasteiger partial charge in [-0.25, -0.2) is 0 Å². The third-order valence-electron chi connectivity index (χ3n) is 3.76. The van der Waals surface area contributed by atoms with E-state index in [-0.39, 0.29) is 11.9 Å². The molecule has 0 atom stereocenters. The highest BCUT2D eigenvalue weighted by atomic mass is 35.5. The first-order valence-corrected chi connectivity index (χ1v) is 7.55. The first kappa shape index (κ1) is 14.4.